The van der Waals surface area contributed by atoms with E-state index in [0.717, 1.165) is 12.5 Å². The number of rotatable bonds is 5. The quantitative estimate of drug-likeness (QED) is 0.886. The summed E-state index contributed by atoms with van der Waals surface area (Å²) in [6, 6.07) is 12.2. The van der Waals surface area contributed by atoms with E-state index in [9.17, 15) is 14.0 Å². The summed E-state index contributed by atoms with van der Waals surface area (Å²) < 4.78 is 13.2. The van der Waals surface area contributed by atoms with Gasteiger partial charge in [0.15, 0.2) is 0 Å². The molecule has 5 heteroatoms. The van der Waals surface area contributed by atoms with E-state index < -0.39 is 11.7 Å². The molecule has 0 bridgehead atoms. The predicted molar refractivity (Wildman–Crippen MR) is 88.0 cm³/mol. The van der Waals surface area contributed by atoms with Crippen molar-refractivity contribution < 1.29 is 14.0 Å². The minimum Gasteiger partial charge on any atom is -0.350 e. The van der Waals surface area contributed by atoms with E-state index in [1.54, 1.807) is 24.3 Å². The molecule has 2 N–H and O–H groups in total. The highest BCUT2D eigenvalue weighted by atomic mass is 19.1. The second kappa shape index (κ2) is 7.54. The molecular formula is C18H19FN2O2. The van der Waals surface area contributed by atoms with Crippen molar-refractivity contribution in [3.05, 3.63) is 65.5 Å². The first-order chi connectivity index (χ1) is 11.0. The normalized spacial score (nSPS) is 11.6. The van der Waals surface area contributed by atoms with Gasteiger partial charge in [-0.05, 0) is 43.7 Å². The van der Waals surface area contributed by atoms with E-state index >= 15 is 0 Å². The molecule has 0 fully saturated rings. The van der Waals surface area contributed by atoms with Crippen LogP contribution in [0.3, 0.4) is 0 Å². The van der Waals surface area contributed by atoms with E-state index in [1.807, 2.05) is 13.8 Å². The number of benzene rings is 2. The molecule has 0 aromatic heterocycles. The smallest absolute Gasteiger partial charge is 0.255 e. The van der Waals surface area contributed by atoms with Crippen molar-refractivity contribution in [3.8, 4) is 0 Å². The number of nitrogens with one attached hydrogen (secondary N) is 2. The van der Waals surface area contributed by atoms with E-state index in [0.29, 0.717) is 11.3 Å². The lowest BCUT2D eigenvalue weighted by Crippen LogP contribution is -2.32. The third-order valence-electron chi connectivity index (χ3n) is 3.50. The van der Waals surface area contributed by atoms with Crippen LogP contribution in [0.1, 0.15) is 41.0 Å². The summed E-state index contributed by atoms with van der Waals surface area (Å²) >= 11 is 0. The molecule has 0 radical (unpaired) electrons. The average Bonchev–Trinajstić information content (AvgIpc) is 2.55. The van der Waals surface area contributed by atoms with E-state index in [-0.39, 0.29) is 17.5 Å². The Balaban J connectivity index is 2.20. The fourth-order valence-corrected chi connectivity index (χ4v) is 2.02. The van der Waals surface area contributed by atoms with Gasteiger partial charge in [-0.2, -0.15) is 0 Å². The molecule has 23 heavy (non-hydrogen) atoms. The Bertz CT molecular complexity index is 716. The maximum Gasteiger partial charge on any atom is 0.255 e. The first-order valence-corrected chi connectivity index (χ1v) is 7.48. The Morgan fingerprint density at radius 3 is 2.52 bits per heavy atom. The van der Waals surface area contributed by atoms with Gasteiger partial charge in [-0.1, -0.05) is 25.1 Å². The van der Waals surface area contributed by atoms with Crippen LogP contribution in [0.2, 0.25) is 0 Å². The van der Waals surface area contributed by atoms with Gasteiger partial charge in [-0.3, -0.25) is 9.59 Å². The van der Waals surface area contributed by atoms with E-state index in [4.69, 9.17) is 0 Å². The number of hydrogen-bond donors (Lipinski definition) is 2. The number of para-hydroxylation sites is 1. The molecule has 0 aliphatic heterocycles. The van der Waals surface area contributed by atoms with Gasteiger partial charge >= 0.3 is 0 Å². The molecule has 0 saturated carbocycles. The van der Waals surface area contributed by atoms with E-state index in [2.05, 4.69) is 10.6 Å². The molecule has 0 heterocycles. The number of anilines is 1. The molecule has 2 aromatic carbocycles. The van der Waals surface area contributed by atoms with Crippen LogP contribution < -0.4 is 10.6 Å². The van der Waals surface area contributed by atoms with Crippen molar-refractivity contribution in [1.82, 2.24) is 5.32 Å². The standard InChI is InChI=1S/C18H19FN2O2/c1-3-12(2)20-18(23)15-9-4-5-10-16(15)21-17(22)13-7-6-8-14(19)11-13/h4-12H,3H2,1-2H3,(H,20,23)(H,21,22)/t12-/m1/s1. The summed E-state index contributed by atoms with van der Waals surface area (Å²) in [5.74, 6) is -1.21. The fourth-order valence-electron chi connectivity index (χ4n) is 2.02. The lowest BCUT2D eigenvalue weighted by atomic mass is 10.1. The predicted octanol–water partition coefficient (Wildman–Crippen LogP) is 3.61. The molecule has 2 amide bonds. The molecule has 1 atom stereocenters. The van der Waals surface area contributed by atoms with Gasteiger partial charge < -0.3 is 10.6 Å². The van der Waals surface area contributed by atoms with Gasteiger partial charge in [0.1, 0.15) is 5.82 Å². The van der Waals surface area contributed by atoms with Gasteiger partial charge in [-0.15, -0.1) is 0 Å². The Morgan fingerprint density at radius 1 is 1.09 bits per heavy atom. The highest BCUT2D eigenvalue weighted by Crippen LogP contribution is 2.17. The first kappa shape index (κ1) is 16.7. The Kier molecular flexibility index (Phi) is 5.46. The van der Waals surface area contributed by atoms with Gasteiger partial charge in [0, 0.05) is 11.6 Å². The fraction of sp³-hybridized carbons (Fsp3) is 0.222. The second-order valence-corrected chi connectivity index (χ2v) is 5.29. The molecule has 0 saturated heterocycles. The zero-order chi connectivity index (χ0) is 16.8. The monoisotopic (exact) mass is 314 g/mol. The van der Waals surface area contributed by atoms with Crippen LogP contribution in [0.15, 0.2) is 48.5 Å². The number of carbonyl (C=O) groups is 2. The van der Waals surface area contributed by atoms with Crippen LogP contribution in [0.5, 0.6) is 0 Å². The summed E-state index contributed by atoms with van der Waals surface area (Å²) in [6.45, 7) is 3.88. The Morgan fingerprint density at radius 2 is 1.83 bits per heavy atom. The van der Waals surface area contributed by atoms with Crippen LogP contribution in [0.25, 0.3) is 0 Å². The van der Waals surface area contributed by atoms with Crippen molar-refractivity contribution in [2.75, 3.05) is 5.32 Å². The maximum absolute atomic E-state index is 13.2. The van der Waals surface area contributed by atoms with Crippen molar-refractivity contribution in [2.24, 2.45) is 0 Å². The molecule has 0 unspecified atom stereocenters. The third kappa shape index (κ3) is 4.39. The van der Waals surface area contributed by atoms with Gasteiger partial charge in [0.25, 0.3) is 11.8 Å². The second-order valence-electron chi connectivity index (χ2n) is 5.29. The van der Waals surface area contributed by atoms with Crippen molar-refractivity contribution >= 4 is 17.5 Å². The highest BCUT2D eigenvalue weighted by Gasteiger charge is 2.15. The molecule has 2 aromatic rings. The first-order valence-electron chi connectivity index (χ1n) is 7.48. The van der Waals surface area contributed by atoms with E-state index in [1.165, 1.54) is 18.2 Å². The lowest BCUT2D eigenvalue weighted by Gasteiger charge is -2.14. The molecule has 2 rings (SSSR count). The Hall–Kier alpha value is -2.69. The summed E-state index contributed by atoms with van der Waals surface area (Å²) in [7, 11) is 0. The number of halogens is 1. The van der Waals surface area contributed by atoms with Crippen molar-refractivity contribution in [2.45, 2.75) is 26.3 Å². The minimum absolute atomic E-state index is 0.0366. The lowest BCUT2D eigenvalue weighted by molar-refractivity contribution is 0.0940. The van der Waals surface area contributed by atoms with Crippen LogP contribution in [0, 0.1) is 5.82 Å². The van der Waals surface area contributed by atoms with Gasteiger partial charge in [0.2, 0.25) is 0 Å². The van der Waals surface area contributed by atoms with Gasteiger partial charge in [0.05, 0.1) is 11.3 Å². The van der Waals surface area contributed by atoms with Crippen LogP contribution in [-0.4, -0.2) is 17.9 Å². The Labute approximate surface area is 134 Å². The van der Waals surface area contributed by atoms with Crippen molar-refractivity contribution in [1.29, 1.82) is 0 Å². The summed E-state index contributed by atoms with van der Waals surface area (Å²) in [6.07, 6.45) is 0.809. The SMILES string of the molecule is CC[C@@H](C)NC(=O)c1ccccc1NC(=O)c1cccc(F)c1. The maximum atomic E-state index is 13.2. The number of carbonyl (C=O) groups excluding carboxylic acids is 2. The summed E-state index contributed by atoms with van der Waals surface area (Å²) in [5, 5.41) is 5.52. The minimum atomic E-state index is -0.486. The molecular weight excluding hydrogens is 295 g/mol. The van der Waals surface area contributed by atoms with Crippen molar-refractivity contribution in [3.63, 3.8) is 0 Å². The van der Waals surface area contributed by atoms with Crippen LogP contribution in [-0.2, 0) is 0 Å². The summed E-state index contributed by atoms with van der Waals surface area (Å²) in [5.41, 5.74) is 0.960. The molecule has 0 spiro atoms. The zero-order valence-corrected chi connectivity index (χ0v) is 13.1. The highest BCUT2D eigenvalue weighted by molar-refractivity contribution is 6.09. The largest absolute Gasteiger partial charge is 0.350 e. The molecule has 0 aliphatic rings. The average molecular weight is 314 g/mol. The van der Waals surface area contributed by atoms with Crippen LogP contribution >= 0.6 is 0 Å². The van der Waals surface area contributed by atoms with Gasteiger partial charge in [-0.25, -0.2) is 4.39 Å². The molecule has 0 aliphatic carbocycles. The third-order valence-corrected chi connectivity index (χ3v) is 3.50. The van der Waals surface area contributed by atoms with Crippen LogP contribution in [0.4, 0.5) is 10.1 Å². The summed E-state index contributed by atoms with van der Waals surface area (Å²) in [4.78, 5) is 24.5. The molecule has 4 nitrogen and oxygen atoms in total. The molecule has 120 valence electrons. The number of hydrogen-bond acceptors (Lipinski definition) is 2. The zero-order valence-electron chi connectivity index (χ0n) is 13.1. The number of amides is 2. The topological polar surface area (TPSA) is 58.2 Å².